The summed E-state index contributed by atoms with van der Waals surface area (Å²) in [5.41, 5.74) is 0. The Morgan fingerprint density at radius 1 is 0.944 bits per heavy atom. The fraction of sp³-hybridized carbons (Fsp3) is 0.812. The molecule has 1 N–H and O–H groups in total. The van der Waals surface area contributed by atoms with Crippen molar-refractivity contribution in [2.24, 2.45) is 0 Å². The van der Waals surface area contributed by atoms with Crippen molar-refractivity contribution in [3.63, 3.8) is 0 Å². The first kappa shape index (κ1) is 12.1. The molecule has 2 nitrogen and oxygen atoms in total. The van der Waals surface area contributed by atoms with Gasteiger partial charge in [-0.25, -0.2) is 0 Å². The molecule has 0 bridgehead atoms. The molecular formula is C16H28O2. The Labute approximate surface area is 116 Å². The van der Waals surface area contributed by atoms with Gasteiger partial charge in [-0.2, -0.15) is 0 Å². The number of hydrogen-bond donors (Lipinski definition) is 1. The van der Waals surface area contributed by atoms with Crippen molar-refractivity contribution in [1.29, 1.82) is 0 Å². The van der Waals surface area contributed by atoms with Crippen LogP contribution in [-0.4, -0.2) is 11.1 Å². The van der Waals surface area contributed by atoms with Crippen molar-refractivity contribution in [2.75, 3.05) is 0 Å². The number of carboxylic acid groups (broad SMARTS) is 1. The van der Waals surface area contributed by atoms with E-state index >= 15 is 0 Å². The minimum Gasteiger partial charge on any atom is -0.481 e. The van der Waals surface area contributed by atoms with Crippen molar-refractivity contribution >= 4 is 5.97 Å². The molecule has 0 unspecified atom stereocenters. The van der Waals surface area contributed by atoms with E-state index in [4.69, 9.17) is 9.22 Å². The monoisotopic (exact) mass is 255 g/mol. The van der Waals surface area contributed by atoms with Gasteiger partial charge in [-0.05, 0) is 19.3 Å². The Morgan fingerprint density at radius 2 is 1.50 bits per heavy atom. The van der Waals surface area contributed by atoms with Crippen molar-refractivity contribution in [3.05, 3.63) is 0 Å². The lowest BCUT2D eigenvalue weighted by Gasteiger charge is -1.99. The van der Waals surface area contributed by atoms with E-state index in [1.165, 1.54) is 19.3 Å². The molecule has 0 amide bonds. The maximum Gasteiger partial charge on any atom is 0.303 e. The van der Waals surface area contributed by atoms with E-state index in [2.05, 4.69) is 11.8 Å². The Hall–Kier alpha value is -0.970. The predicted octanol–water partition coefficient (Wildman–Crippen LogP) is 4.78. The molecule has 104 valence electrons. The number of carbonyl (C=O) groups is 1. The highest BCUT2D eigenvalue weighted by molar-refractivity contribution is 5.66. The lowest BCUT2D eigenvalue weighted by atomic mass is 10.1. The molecule has 0 aliphatic rings. The number of rotatable bonds is 11. The zero-order chi connectivity index (χ0) is 16.0. The molecule has 18 heavy (non-hydrogen) atoms. The van der Waals surface area contributed by atoms with Crippen LogP contribution < -0.4 is 0 Å². The SMILES string of the molecule is [2H]C([2H])([2H])CCCC#CCCCCCCCCCC(=O)O. The summed E-state index contributed by atoms with van der Waals surface area (Å²) in [6, 6.07) is 0. The molecule has 0 saturated heterocycles. The second-order valence-electron chi connectivity index (χ2n) is 4.58. The normalized spacial score (nSPS) is 13.0. The van der Waals surface area contributed by atoms with Crippen LogP contribution in [-0.2, 0) is 4.79 Å². The van der Waals surface area contributed by atoms with Crippen molar-refractivity contribution in [2.45, 2.75) is 83.9 Å². The molecule has 0 aromatic carbocycles. The van der Waals surface area contributed by atoms with Crippen molar-refractivity contribution < 1.29 is 14.0 Å². The molecule has 0 aliphatic carbocycles. The number of carboxylic acids is 1. The topological polar surface area (TPSA) is 37.3 Å². The summed E-state index contributed by atoms with van der Waals surface area (Å²) in [4.78, 5) is 10.3. The van der Waals surface area contributed by atoms with E-state index in [0.29, 0.717) is 12.8 Å². The van der Waals surface area contributed by atoms with Crippen LogP contribution in [0.15, 0.2) is 0 Å². The molecule has 0 rings (SSSR count). The second-order valence-corrected chi connectivity index (χ2v) is 4.58. The molecule has 0 aliphatic heterocycles. The molecular weight excluding hydrogens is 224 g/mol. The minimum atomic E-state index is -1.81. The lowest BCUT2D eigenvalue weighted by molar-refractivity contribution is -0.137. The first-order valence-electron chi connectivity index (χ1n) is 8.59. The van der Waals surface area contributed by atoms with E-state index in [9.17, 15) is 4.79 Å². The average molecular weight is 255 g/mol. The van der Waals surface area contributed by atoms with E-state index in [-0.39, 0.29) is 12.8 Å². The zero-order valence-electron chi connectivity index (χ0n) is 14.3. The highest BCUT2D eigenvalue weighted by atomic mass is 16.4. The molecule has 0 fully saturated rings. The Morgan fingerprint density at radius 3 is 2.11 bits per heavy atom. The van der Waals surface area contributed by atoms with Gasteiger partial charge in [0.15, 0.2) is 0 Å². The maximum atomic E-state index is 10.3. The first-order chi connectivity index (χ1) is 9.92. The summed E-state index contributed by atoms with van der Waals surface area (Å²) in [6.45, 7) is -1.81. The number of hydrogen-bond acceptors (Lipinski definition) is 1. The Kier molecular flexibility index (Phi) is 9.46. The summed E-state index contributed by atoms with van der Waals surface area (Å²) < 4.78 is 21.2. The molecule has 2 heteroatoms. The zero-order valence-corrected chi connectivity index (χ0v) is 11.3. The standard InChI is InChI=1S/C16H28O2/c1-2-3-4-5-6-7-8-9-10-11-12-13-14-15-16(17)18/h2-4,7-15H2,1H3,(H,17,18)/i1D3. The van der Waals surface area contributed by atoms with Gasteiger partial charge in [0, 0.05) is 23.4 Å². The second kappa shape index (κ2) is 14.1. The predicted molar refractivity (Wildman–Crippen MR) is 76.5 cm³/mol. The van der Waals surface area contributed by atoms with Crippen LogP contribution >= 0.6 is 0 Å². The van der Waals surface area contributed by atoms with Crippen molar-refractivity contribution in [3.8, 4) is 11.8 Å². The summed E-state index contributed by atoms with van der Waals surface area (Å²) in [5, 5.41) is 8.49. The van der Waals surface area contributed by atoms with Gasteiger partial charge < -0.3 is 5.11 Å². The Balaban J connectivity index is 3.21. The van der Waals surface area contributed by atoms with Gasteiger partial charge in [0.25, 0.3) is 0 Å². The molecule has 0 heterocycles. The van der Waals surface area contributed by atoms with Gasteiger partial charge in [0.05, 0.1) is 0 Å². The molecule has 0 radical (unpaired) electrons. The number of aliphatic carboxylic acids is 1. The van der Waals surface area contributed by atoms with Crippen LogP contribution in [0.3, 0.4) is 0 Å². The molecule has 0 atom stereocenters. The fourth-order valence-corrected chi connectivity index (χ4v) is 1.73. The fourth-order valence-electron chi connectivity index (χ4n) is 1.73. The third kappa shape index (κ3) is 15.0. The number of unbranched alkanes of at least 4 members (excludes halogenated alkanes) is 8. The summed E-state index contributed by atoms with van der Waals surface area (Å²) in [6.07, 6.45) is 10.3. The third-order valence-electron chi connectivity index (χ3n) is 2.80. The van der Waals surface area contributed by atoms with Crippen LogP contribution in [0, 0.1) is 11.8 Å². The van der Waals surface area contributed by atoms with E-state index in [1.807, 2.05) is 0 Å². The van der Waals surface area contributed by atoms with E-state index in [0.717, 1.165) is 32.1 Å². The van der Waals surface area contributed by atoms with Gasteiger partial charge in [-0.1, -0.05) is 45.4 Å². The highest BCUT2D eigenvalue weighted by Gasteiger charge is 1.96. The lowest BCUT2D eigenvalue weighted by Crippen LogP contribution is -1.93. The first-order valence-corrected chi connectivity index (χ1v) is 7.09. The summed E-state index contributed by atoms with van der Waals surface area (Å²) in [5.74, 6) is 5.43. The van der Waals surface area contributed by atoms with Gasteiger partial charge in [0.2, 0.25) is 0 Å². The summed E-state index contributed by atoms with van der Waals surface area (Å²) in [7, 11) is 0. The quantitative estimate of drug-likeness (QED) is 0.426. The maximum absolute atomic E-state index is 10.3. The van der Waals surface area contributed by atoms with Crippen molar-refractivity contribution in [1.82, 2.24) is 0 Å². The van der Waals surface area contributed by atoms with Crippen LogP contribution in [0.1, 0.15) is 88.0 Å². The van der Waals surface area contributed by atoms with Crippen LogP contribution in [0.2, 0.25) is 0 Å². The Bertz CT molecular complexity index is 327. The van der Waals surface area contributed by atoms with Crippen LogP contribution in [0.5, 0.6) is 0 Å². The largest absolute Gasteiger partial charge is 0.481 e. The molecule has 0 aromatic rings. The van der Waals surface area contributed by atoms with Gasteiger partial charge >= 0.3 is 5.97 Å². The molecule has 0 saturated carbocycles. The van der Waals surface area contributed by atoms with E-state index < -0.39 is 12.8 Å². The molecule has 0 spiro atoms. The average Bonchev–Trinajstić information content (AvgIpc) is 2.37. The van der Waals surface area contributed by atoms with Crippen LogP contribution in [0.4, 0.5) is 0 Å². The summed E-state index contributed by atoms with van der Waals surface area (Å²) >= 11 is 0. The van der Waals surface area contributed by atoms with E-state index in [1.54, 1.807) is 0 Å². The highest BCUT2D eigenvalue weighted by Crippen LogP contribution is 2.09. The van der Waals surface area contributed by atoms with Gasteiger partial charge in [-0.3, -0.25) is 4.79 Å². The minimum absolute atomic E-state index is 0.254. The third-order valence-corrected chi connectivity index (χ3v) is 2.80. The van der Waals surface area contributed by atoms with Crippen LogP contribution in [0.25, 0.3) is 0 Å². The smallest absolute Gasteiger partial charge is 0.303 e. The van der Waals surface area contributed by atoms with Gasteiger partial charge in [0.1, 0.15) is 0 Å². The van der Waals surface area contributed by atoms with Gasteiger partial charge in [-0.15, -0.1) is 11.8 Å². The molecule has 0 aromatic heterocycles.